The van der Waals surface area contributed by atoms with Crippen LogP contribution >= 0.6 is 0 Å². The fourth-order valence-corrected chi connectivity index (χ4v) is 2.88. The fraction of sp³-hybridized carbons (Fsp3) is 0.556. The third kappa shape index (κ3) is 6.42. The van der Waals surface area contributed by atoms with E-state index < -0.39 is 0 Å². The highest BCUT2D eigenvalue weighted by molar-refractivity contribution is 5.48. The summed E-state index contributed by atoms with van der Waals surface area (Å²) in [6, 6.07) is 10.4. The van der Waals surface area contributed by atoms with Crippen molar-refractivity contribution in [2.75, 3.05) is 32.7 Å². The Bertz CT molecular complexity index is 408. The van der Waals surface area contributed by atoms with Gasteiger partial charge in [0.05, 0.1) is 6.10 Å². The summed E-state index contributed by atoms with van der Waals surface area (Å²) in [5.74, 6) is 0.778. The van der Waals surface area contributed by atoms with E-state index in [0.717, 1.165) is 38.6 Å². The SMILES string of the molecule is CC(O)CN1CCC(CNC/C=C/c2ccccc2)CC1. The molecule has 0 aliphatic carbocycles. The molecule has 1 aliphatic rings. The lowest BCUT2D eigenvalue weighted by atomic mass is 9.96. The Kier molecular flexibility index (Phi) is 6.93. The van der Waals surface area contributed by atoms with Gasteiger partial charge in [-0.05, 0) is 50.9 Å². The third-order valence-electron chi connectivity index (χ3n) is 4.03. The van der Waals surface area contributed by atoms with Gasteiger partial charge in [0.25, 0.3) is 0 Å². The van der Waals surface area contributed by atoms with Gasteiger partial charge in [-0.1, -0.05) is 42.5 Å². The Hall–Kier alpha value is -1.16. The summed E-state index contributed by atoms with van der Waals surface area (Å²) in [4.78, 5) is 2.37. The van der Waals surface area contributed by atoms with Crippen molar-refractivity contribution in [3.05, 3.63) is 42.0 Å². The van der Waals surface area contributed by atoms with E-state index in [2.05, 4.69) is 46.6 Å². The third-order valence-corrected chi connectivity index (χ3v) is 4.03. The molecular weight excluding hydrogens is 260 g/mol. The predicted molar refractivity (Wildman–Crippen MR) is 89.2 cm³/mol. The zero-order valence-electron chi connectivity index (χ0n) is 13.0. The molecule has 1 atom stereocenters. The number of likely N-dealkylation sites (tertiary alicyclic amines) is 1. The first-order chi connectivity index (χ1) is 10.2. The quantitative estimate of drug-likeness (QED) is 0.756. The lowest BCUT2D eigenvalue weighted by Gasteiger charge is -2.32. The molecule has 1 unspecified atom stereocenters. The maximum absolute atomic E-state index is 9.40. The molecule has 0 spiro atoms. The van der Waals surface area contributed by atoms with E-state index in [-0.39, 0.29) is 6.10 Å². The van der Waals surface area contributed by atoms with Crippen LogP contribution in [-0.4, -0.2) is 48.8 Å². The lowest BCUT2D eigenvalue weighted by Crippen LogP contribution is -2.40. The Morgan fingerprint density at radius 1 is 1.29 bits per heavy atom. The molecular formula is C18H28N2O. The van der Waals surface area contributed by atoms with E-state index in [4.69, 9.17) is 0 Å². The van der Waals surface area contributed by atoms with Gasteiger partial charge in [0.1, 0.15) is 0 Å². The summed E-state index contributed by atoms with van der Waals surface area (Å²) in [6.45, 7) is 6.96. The normalized spacial score (nSPS) is 19.1. The molecule has 0 aromatic heterocycles. The van der Waals surface area contributed by atoms with Crippen LogP contribution in [0.15, 0.2) is 36.4 Å². The van der Waals surface area contributed by atoms with Gasteiger partial charge in [0.15, 0.2) is 0 Å². The number of nitrogens with zero attached hydrogens (tertiary/aromatic N) is 1. The highest BCUT2D eigenvalue weighted by Crippen LogP contribution is 2.16. The smallest absolute Gasteiger partial charge is 0.0639 e. The standard InChI is InChI=1S/C18H28N2O/c1-16(21)15-20-12-9-18(10-13-20)14-19-11-5-8-17-6-3-2-4-7-17/h2-8,16,18-19,21H,9-15H2,1H3/b8-5+. The average Bonchev–Trinajstić information content (AvgIpc) is 2.49. The van der Waals surface area contributed by atoms with Crippen LogP contribution in [0.1, 0.15) is 25.3 Å². The first-order valence-corrected chi connectivity index (χ1v) is 8.07. The number of aliphatic hydroxyl groups excluding tert-OH is 1. The van der Waals surface area contributed by atoms with Gasteiger partial charge < -0.3 is 15.3 Å². The zero-order chi connectivity index (χ0) is 14.9. The van der Waals surface area contributed by atoms with Gasteiger partial charge in [-0.2, -0.15) is 0 Å². The molecule has 0 amide bonds. The van der Waals surface area contributed by atoms with E-state index in [1.807, 2.05) is 13.0 Å². The van der Waals surface area contributed by atoms with E-state index >= 15 is 0 Å². The number of hydrogen-bond donors (Lipinski definition) is 2. The van der Waals surface area contributed by atoms with Gasteiger partial charge >= 0.3 is 0 Å². The van der Waals surface area contributed by atoms with E-state index in [1.165, 1.54) is 18.4 Å². The summed E-state index contributed by atoms with van der Waals surface area (Å²) in [6.07, 6.45) is 6.63. The highest BCUT2D eigenvalue weighted by atomic mass is 16.3. The van der Waals surface area contributed by atoms with Gasteiger partial charge in [-0.3, -0.25) is 0 Å². The molecule has 1 aromatic carbocycles. The maximum atomic E-state index is 9.40. The number of piperidine rings is 1. The Morgan fingerprint density at radius 2 is 2.00 bits per heavy atom. The van der Waals surface area contributed by atoms with Crippen LogP contribution in [0.25, 0.3) is 6.08 Å². The summed E-state index contributed by atoms with van der Waals surface area (Å²) in [5.41, 5.74) is 1.26. The largest absolute Gasteiger partial charge is 0.392 e. The average molecular weight is 288 g/mol. The first kappa shape index (κ1) is 16.2. The van der Waals surface area contributed by atoms with Crippen LogP contribution in [0.5, 0.6) is 0 Å². The minimum atomic E-state index is -0.206. The minimum Gasteiger partial charge on any atom is -0.392 e. The number of benzene rings is 1. The van der Waals surface area contributed by atoms with Crippen LogP contribution in [-0.2, 0) is 0 Å². The summed E-state index contributed by atoms with van der Waals surface area (Å²) < 4.78 is 0. The Morgan fingerprint density at radius 3 is 2.67 bits per heavy atom. The molecule has 1 fully saturated rings. The predicted octanol–water partition coefficient (Wildman–Crippen LogP) is 2.38. The zero-order valence-corrected chi connectivity index (χ0v) is 13.0. The van der Waals surface area contributed by atoms with Crippen LogP contribution in [0, 0.1) is 5.92 Å². The minimum absolute atomic E-state index is 0.206. The number of β-amino-alcohol motifs (C(OH)–C–C–N with tert-alkyl or cyclic N) is 1. The first-order valence-electron chi connectivity index (χ1n) is 8.07. The second kappa shape index (κ2) is 8.98. The number of nitrogens with one attached hydrogen (secondary N) is 1. The maximum Gasteiger partial charge on any atom is 0.0639 e. The van der Waals surface area contributed by atoms with E-state index in [1.54, 1.807) is 0 Å². The van der Waals surface area contributed by atoms with Crippen LogP contribution in [0.4, 0.5) is 0 Å². The van der Waals surface area contributed by atoms with Crippen molar-refractivity contribution in [2.24, 2.45) is 5.92 Å². The second-order valence-electron chi connectivity index (χ2n) is 6.06. The van der Waals surface area contributed by atoms with Crippen molar-refractivity contribution in [3.8, 4) is 0 Å². The lowest BCUT2D eigenvalue weighted by molar-refractivity contribution is 0.100. The van der Waals surface area contributed by atoms with Gasteiger partial charge in [-0.25, -0.2) is 0 Å². The van der Waals surface area contributed by atoms with Gasteiger partial charge in [-0.15, -0.1) is 0 Å². The summed E-state index contributed by atoms with van der Waals surface area (Å²) in [7, 11) is 0. The summed E-state index contributed by atoms with van der Waals surface area (Å²) in [5, 5.41) is 12.9. The molecule has 2 rings (SSSR count). The fourth-order valence-electron chi connectivity index (χ4n) is 2.88. The van der Waals surface area contributed by atoms with Crippen molar-refractivity contribution in [3.63, 3.8) is 0 Å². The van der Waals surface area contributed by atoms with Crippen molar-refractivity contribution >= 4 is 6.08 Å². The highest BCUT2D eigenvalue weighted by Gasteiger charge is 2.19. The number of hydrogen-bond acceptors (Lipinski definition) is 3. The molecule has 3 nitrogen and oxygen atoms in total. The van der Waals surface area contributed by atoms with Gasteiger partial charge in [0.2, 0.25) is 0 Å². The van der Waals surface area contributed by atoms with Crippen LogP contribution in [0.2, 0.25) is 0 Å². The van der Waals surface area contributed by atoms with Crippen molar-refractivity contribution in [1.29, 1.82) is 0 Å². The Labute approximate surface area is 128 Å². The van der Waals surface area contributed by atoms with Crippen molar-refractivity contribution in [2.45, 2.75) is 25.9 Å². The molecule has 3 heteroatoms. The number of rotatable bonds is 7. The van der Waals surface area contributed by atoms with Gasteiger partial charge in [0, 0.05) is 13.1 Å². The second-order valence-corrected chi connectivity index (χ2v) is 6.06. The monoisotopic (exact) mass is 288 g/mol. The molecule has 0 saturated carbocycles. The van der Waals surface area contributed by atoms with E-state index in [9.17, 15) is 5.11 Å². The molecule has 1 saturated heterocycles. The molecule has 21 heavy (non-hydrogen) atoms. The van der Waals surface area contributed by atoms with E-state index in [0.29, 0.717) is 0 Å². The molecule has 0 bridgehead atoms. The molecule has 116 valence electrons. The Balaban J connectivity index is 1.57. The molecule has 2 N–H and O–H groups in total. The van der Waals surface area contributed by atoms with Crippen LogP contribution in [0.3, 0.4) is 0 Å². The number of aliphatic hydroxyl groups is 1. The molecule has 1 aliphatic heterocycles. The summed E-state index contributed by atoms with van der Waals surface area (Å²) >= 11 is 0. The topological polar surface area (TPSA) is 35.5 Å². The van der Waals surface area contributed by atoms with Crippen molar-refractivity contribution < 1.29 is 5.11 Å². The van der Waals surface area contributed by atoms with Crippen molar-refractivity contribution in [1.82, 2.24) is 10.2 Å². The molecule has 1 heterocycles. The molecule has 0 radical (unpaired) electrons. The molecule has 1 aromatic rings. The van der Waals surface area contributed by atoms with Crippen LogP contribution < -0.4 is 5.32 Å².